The lowest BCUT2D eigenvalue weighted by Crippen LogP contribution is -1.72. The number of hydrogen-bond acceptors (Lipinski definition) is 2. The Hall–Kier alpha value is -2.14. The molecular formula is C14H14N2. The van der Waals surface area contributed by atoms with Crippen LogP contribution in [0.2, 0.25) is 0 Å². The SMILES string of the molecule is Cc1ccc(C#N)cc1.Cc1cccnc1. The molecule has 80 valence electrons. The molecule has 2 nitrogen and oxygen atoms in total. The lowest BCUT2D eigenvalue weighted by atomic mass is 10.2. The third kappa shape index (κ3) is 4.39. The van der Waals surface area contributed by atoms with Crippen LogP contribution in [0.3, 0.4) is 0 Å². The molecule has 0 saturated carbocycles. The number of rotatable bonds is 0. The van der Waals surface area contributed by atoms with E-state index in [1.54, 1.807) is 6.20 Å². The average Bonchev–Trinajstić information content (AvgIpc) is 2.32. The fourth-order valence-electron chi connectivity index (χ4n) is 1.08. The van der Waals surface area contributed by atoms with Crippen LogP contribution in [0, 0.1) is 25.2 Å². The van der Waals surface area contributed by atoms with Crippen molar-refractivity contribution in [2.24, 2.45) is 0 Å². The summed E-state index contributed by atoms with van der Waals surface area (Å²) in [4.78, 5) is 3.88. The predicted molar refractivity (Wildman–Crippen MR) is 64.9 cm³/mol. The maximum atomic E-state index is 8.38. The van der Waals surface area contributed by atoms with E-state index in [9.17, 15) is 0 Å². The fraction of sp³-hybridized carbons (Fsp3) is 0.143. The van der Waals surface area contributed by atoms with Crippen LogP contribution < -0.4 is 0 Å². The van der Waals surface area contributed by atoms with E-state index >= 15 is 0 Å². The van der Waals surface area contributed by atoms with Crippen molar-refractivity contribution in [3.63, 3.8) is 0 Å². The van der Waals surface area contributed by atoms with Crippen molar-refractivity contribution in [1.82, 2.24) is 4.98 Å². The van der Waals surface area contributed by atoms with Gasteiger partial charge in [0.25, 0.3) is 0 Å². The Morgan fingerprint density at radius 2 is 1.69 bits per heavy atom. The van der Waals surface area contributed by atoms with E-state index in [1.807, 2.05) is 56.4 Å². The highest BCUT2D eigenvalue weighted by molar-refractivity contribution is 5.30. The van der Waals surface area contributed by atoms with Crippen molar-refractivity contribution < 1.29 is 0 Å². The summed E-state index contributed by atoms with van der Waals surface area (Å²) >= 11 is 0. The van der Waals surface area contributed by atoms with Crippen LogP contribution in [0.25, 0.3) is 0 Å². The van der Waals surface area contributed by atoms with Crippen molar-refractivity contribution in [2.45, 2.75) is 13.8 Å². The van der Waals surface area contributed by atoms with E-state index in [0.29, 0.717) is 0 Å². The predicted octanol–water partition coefficient (Wildman–Crippen LogP) is 3.26. The fourth-order valence-corrected chi connectivity index (χ4v) is 1.08. The third-order valence-corrected chi connectivity index (χ3v) is 1.99. The number of nitrogens with zero attached hydrogens (tertiary/aromatic N) is 2. The van der Waals surface area contributed by atoms with Crippen LogP contribution in [-0.4, -0.2) is 4.98 Å². The zero-order chi connectivity index (χ0) is 11.8. The van der Waals surface area contributed by atoms with Gasteiger partial charge in [-0.05, 0) is 37.6 Å². The number of benzene rings is 1. The lowest BCUT2D eigenvalue weighted by molar-refractivity contribution is 1.27. The van der Waals surface area contributed by atoms with E-state index in [1.165, 1.54) is 11.1 Å². The van der Waals surface area contributed by atoms with E-state index in [0.717, 1.165) is 5.56 Å². The van der Waals surface area contributed by atoms with Crippen LogP contribution in [0.4, 0.5) is 0 Å². The van der Waals surface area contributed by atoms with Crippen LogP contribution in [0.1, 0.15) is 16.7 Å². The Bertz CT molecular complexity index is 452. The van der Waals surface area contributed by atoms with Gasteiger partial charge in [-0.2, -0.15) is 5.26 Å². The van der Waals surface area contributed by atoms with Gasteiger partial charge >= 0.3 is 0 Å². The van der Waals surface area contributed by atoms with E-state index in [-0.39, 0.29) is 0 Å². The van der Waals surface area contributed by atoms with Crippen molar-refractivity contribution >= 4 is 0 Å². The molecule has 0 bridgehead atoms. The minimum atomic E-state index is 0.723. The Kier molecular flexibility index (Phi) is 4.75. The summed E-state index contributed by atoms with van der Waals surface area (Å²) in [5, 5.41) is 8.38. The zero-order valence-corrected chi connectivity index (χ0v) is 9.51. The van der Waals surface area contributed by atoms with Crippen molar-refractivity contribution in [3.8, 4) is 6.07 Å². The number of aromatic nitrogens is 1. The molecule has 1 heterocycles. The molecule has 0 radical (unpaired) electrons. The molecule has 0 aliphatic rings. The zero-order valence-electron chi connectivity index (χ0n) is 9.51. The highest BCUT2D eigenvalue weighted by Crippen LogP contribution is 1.99. The molecule has 0 aliphatic heterocycles. The molecule has 2 aromatic rings. The second kappa shape index (κ2) is 6.36. The largest absolute Gasteiger partial charge is 0.264 e. The second-order valence-corrected chi connectivity index (χ2v) is 3.51. The first-order valence-corrected chi connectivity index (χ1v) is 5.06. The van der Waals surface area contributed by atoms with Crippen molar-refractivity contribution in [1.29, 1.82) is 5.26 Å². The van der Waals surface area contributed by atoms with Gasteiger partial charge in [-0.15, -0.1) is 0 Å². The van der Waals surface area contributed by atoms with Gasteiger partial charge in [0.1, 0.15) is 0 Å². The number of pyridine rings is 1. The monoisotopic (exact) mass is 210 g/mol. The summed E-state index contributed by atoms with van der Waals surface area (Å²) in [6, 6.07) is 13.5. The summed E-state index contributed by atoms with van der Waals surface area (Å²) in [7, 11) is 0. The average molecular weight is 210 g/mol. The van der Waals surface area contributed by atoms with Gasteiger partial charge in [0.05, 0.1) is 11.6 Å². The van der Waals surface area contributed by atoms with Crippen LogP contribution in [-0.2, 0) is 0 Å². The van der Waals surface area contributed by atoms with E-state index < -0.39 is 0 Å². The van der Waals surface area contributed by atoms with Gasteiger partial charge in [0.15, 0.2) is 0 Å². The topological polar surface area (TPSA) is 36.7 Å². The van der Waals surface area contributed by atoms with Crippen LogP contribution in [0.15, 0.2) is 48.8 Å². The molecule has 0 spiro atoms. The quantitative estimate of drug-likeness (QED) is 0.669. The Balaban J connectivity index is 0.000000165. The normalized spacial score (nSPS) is 8.56. The molecular weight excluding hydrogens is 196 g/mol. The molecule has 0 saturated heterocycles. The molecule has 1 aromatic heterocycles. The van der Waals surface area contributed by atoms with Crippen LogP contribution >= 0.6 is 0 Å². The summed E-state index contributed by atoms with van der Waals surface area (Å²) in [5.41, 5.74) is 3.12. The van der Waals surface area contributed by atoms with Crippen LogP contribution in [0.5, 0.6) is 0 Å². The molecule has 0 amide bonds. The summed E-state index contributed by atoms with van der Waals surface area (Å²) < 4.78 is 0. The van der Waals surface area contributed by atoms with Crippen molar-refractivity contribution in [2.75, 3.05) is 0 Å². The Morgan fingerprint density at radius 3 is 2.06 bits per heavy atom. The standard InChI is InChI=1S/C8H7N.C6H7N/c1-7-2-4-8(6-9)5-3-7;1-6-3-2-4-7-5-6/h2-5H,1H3;2-5H,1H3. The first-order chi connectivity index (χ1) is 7.72. The minimum absolute atomic E-state index is 0.723. The summed E-state index contributed by atoms with van der Waals surface area (Å²) in [5.74, 6) is 0. The number of aryl methyl sites for hydroxylation is 2. The van der Waals surface area contributed by atoms with Gasteiger partial charge in [0, 0.05) is 12.4 Å². The molecule has 0 fully saturated rings. The van der Waals surface area contributed by atoms with E-state index in [2.05, 4.69) is 11.1 Å². The number of hydrogen-bond donors (Lipinski definition) is 0. The second-order valence-electron chi connectivity index (χ2n) is 3.51. The maximum Gasteiger partial charge on any atom is 0.0991 e. The lowest BCUT2D eigenvalue weighted by Gasteiger charge is -1.88. The first kappa shape index (κ1) is 11.9. The Labute approximate surface area is 96.2 Å². The molecule has 0 unspecified atom stereocenters. The highest BCUT2D eigenvalue weighted by atomic mass is 14.6. The molecule has 1 aromatic carbocycles. The molecule has 2 heteroatoms. The summed E-state index contributed by atoms with van der Waals surface area (Å²) in [6.45, 7) is 4.02. The number of nitriles is 1. The molecule has 0 aliphatic carbocycles. The molecule has 0 N–H and O–H groups in total. The highest BCUT2D eigenvalue weighted by Gasteiger charge is 1.84. The minimum Gasteiger partial charge on any atom is -0.264 e. The first-order valence-electron chi connectivity index (χ1n) is 5.06. The maximum absolute atomic E-state index is 8.38. The van der Waals surface area contributed by atoms with Gasteiger partial charge in [0.2, 0.25) is 0 Å². The van der Waals surface area contributed by atoms with Gasteiger partial charge in [-0.25, -0.2) is 0 Å². The third-order valence-electron chi connectivity index (χ3n) is 1.99. The van der Waals surface area contributed by atoms with E-state index in [4.69, 9.17) is 5.26 Å². The molecule has 0 atom stereocenters. The van der Waals surface area contributed by atoms with Crippen molar-refractivity contribution in [3.05, 3.63) is 65.5 Å². The molecule has 16 heavy (non-hydrogen) atoms. The smallest absolute Gasteiger partial charge is 0.0991 e. The molecule has 2 rings (SSSR count). The Morgan fingerprint density at radius 1 is 1.00 bits per heavy atom. The summed E-state index contributed by atoms with van der Waals surface area (Å²) in [6.07, 6.45) is 3.60. The van der Waals surface area contributed by atoms with Gasteiger partial charge < -0.3 is 0 Å². The van der Waals surface area contributed by atoms with Gasteiger partial charge in [-0.3, -0.25) is 4.98 Å². The van der Waals surface area contributed by atoms with Gasteiger partial charge in [-0.1, -0.05) is 23.8 Å².